The van der Waals surface area contributed by atoms with Crippen LogP contribution in [0.1, 0.15) is 17.9 Å². The summed E-state index contributed by atoms with van der Waals surface area (Å²) >= 11 is 0. The van der Waals surface area contributed by atoms with E-state index in [2.05, 4.69) is 26.8 Å². The number of rotatable bonds is 5. The summed E-state index contributed by atoms with van der Waals surface area (Å²) in [5.74, 6) is 4.43. The summed E-state index contributed by atoms with van der Waals surface area (Å²) in [6, 6.07) is 8.44. The van der Waals surface area contributed by atoms with Crippen LogP contribution in [0.2, 0.25) is 0 Å². The summed E-state index contributed by atoms with van der Waals surface area (Å²) in [4.78, 5) is 12.1. The van der Waals surface area contributed by atoms with E-state index in [-0.39, 0.29) is 23.7 Å². The van der Waals surface area contributed by atoms with Crippen molar-refractivity contribution in [2.45, 2.75) is 19.6 Å². The Kier molecular flexibility index (Phi) is 5.74. The van der Waals surface area contributed by atoms with Crippen molar-refractivity contribution < 1.29 is 26.7 Å². The van der Waals surface area contributed by atoms with Crippen molar-refractivity contribution in [3.63, 3.8) is 0 Å². The third kappa shape index (κ3) is 4.76. The van der Waals surface area contributed by atoms with Gasteiger partial charge in [-0.05, 0) is 24.3 Å². The number of benzene rings is 1. The molecule has 0 spiro atoms. The van der Waals surface area contributed by atoms with Gasteiger partial charge in [0.2, 0.25) is 5.89 Å². The first-order chi connectivity index (χ1) is 13.4. The lowest BCUT2D eigenvalue weighted by molar-refractivity contribution is -0.0498. The molecule has 0 aliphatic heterocycles. The molecule has 0 unspecified atom stereocenters. The predicted octanol–water partition coefficient (Wildman–Crippen LogP) is 3.49. The zero-order valence-corrected chi connectivity index (χ0v) is 14.0. The van der Waals surface area contributed by atoms with Crippen LogP contribution in [0, 0.1) is 11.8 Å². The summed E-state index contributed by atoms with van der Waals surface area (Å²) in [6.45, 7) is -2.92. The molecule has 0 saturated carbocycles. The van der Waals surface area contributed by atoms with Crippen LogP contribution in [0.25, 0.3) is 11.5 Å². The Morgan fingerprint density at radius 2 is 1.96 bits per heavy atom. The molecule has 0 saturated heterocycles. The maximum atomic E-state index is 12.5. The molecular weight excluding hydrogens is 382 g/mol. The Labute approximate surface area is 155 Å². The van der Waals surface area contributed by atoms with Crippen molar-refractivity contribution in [1.29, 1.82) is 0 Å². The maximum Gasteiger partial charge on any atom is 0.387 e. The Balaban J connectivity index is 1.72. The van der Waals surface area contributed by atoms with Crippen molar-refractivity contribution in [2.75, 3.05) is 0 Å². The van der Waals surface area contributed by atoms with Gasteiger partial charge in [-0.1, -0.05) is 17.9 Å². The van der Waals surface area contributed by atoms with Gasteiger partial charge in [-0.25, -0.2) is 0 Å². The molecule has 1 aromatic carbocycles. The minimum absolute atomic E-state index is 0.0190. The molecule has 0 fully saturated rings. The molecule has 6 nitrogen and oxygen atoms in total. The van der Waals surface area contributed by atoms with E-state index in [4.69, 9.17) is 4.42 Å². The van der Waals surface area contributed by atoms with Crippen molar-refractivity contribution in [1.82, 2.24) is 14.8 Å². The van der Waals surface area contributed by atoms with Gasteiger partial charge in [0.05, 0.1) is 6.54 Å². The lowest BCUT2D eigenvalue weighted by Crippen LogP contribution is -2.17. The zero-order valence-electron chi connectivity index (χ0n) is 14.0. The molecule has 0 amide bonds. The summed E-state index contributed by atoms with van der Waals surface area (Å²) in [6.07, 6.45) is -1.50. The highest BCUT2D eigenvalue weighted by atomic mass is 19.3. The molecule has 0 atom stereocenters. The second-order valence-corrected chi connectivity index (χ2v) is 5.34. The molecular formula is C18H11F4N3O3. The number of pyridine rings is 1. The van der Waals surface area contributed by atoms with Gasteiger partial charge in [0, 0.05) is 23.4 Å². The van der Waals surface area contributed by atoms with Crippen molar-refractivity contribution in [3.8, 4) is 29.0 Å². The summed E-state index contributed by atoms with van der Waals surface area (Å²) < 4.78 is 59.7. The van der Waals surface area contributed by atoms with E-state index in [1.165, 1.54) is 35.0 Å². The number of aromatic nitrogens is 3. The number of hydrogen-bond donors (Lipinski definition) is 0. The summed E-state index contributed by atoms with van der Waals surface area (Å²) in [7, 11) is 0. The number of hydrogen-bond acceptors (Lipinski definition) is 5. The van der Waals surface area contributed by atoms with Crippen LogP contribution in [-0.4, -0.2) is 21.4 Å². The highest BCUT2D eigenvalue weighted by molar-refractivity contribution is 5.51. The number of nitrogens with zero attached hydrogens (tertiary/aromatic N) is 3. The van der Waals surface area contributed by atoms with Crippen LogP contribution in [0.3, 0.4) is 0 Å². The second kappa shape index (κ2) is 8.39. The first kappa shape index (κ1) is 19.2. The van der Waals surface area contributed by atoms with E-state index in [9.17, 15) is 22.4 Å². The zero-order chi connectivity index (χ0) is 20.1. The fourth-order valence-electron chi connectivity index (χ4n) is 2.19. The van der Waals surface area contributed by atoms with Crippen LogP contribution >= 0.6 is 0 Å². The monoisotopic (exact) mass is 393 g/mol. The Morgan fingerprint density at radius 1 is 1.14 bits per heavy atom. The van der Waals surface area contributed by atoms with Gasteiger partial charge >= 0.3 is 13.0 Å². The van der Waals surface area contributed by atoms with Crippen LogP contribution in [0.4, 0.5) is 17.6 Å². The van der Waals surface area contributed by atoms with E-state index < -0.39 is 24.5 Å². The molecule has 0 aliphatic carbocycles. The van der Waals surface area contributed by atoms with E-state index in [0.717, 1.165) is 6.07 Å². The molecule has 0 N–H and O–H groups in total. The topological polar surface area (TPSA) is 70.2 Å². The quantitative estimate of drug-likeness (QED) is 0.490. The molecule has 0 radical (unpaired) electrons. The van der Waals surface area contributed by atoms with Crippen LogP contribution in [0.5, 0.6) is 5.75 Å². The molecule has 2 heterocycles. The smallest absolute Gasteiger partial charge is 0.387 e. The molecule has 144 valence electrons. The molecule has 0 aliphatic rings. The third-order valence-electron chi connectivity index (χ3n) is 3.41. The predicted molar refractivity (Wildman–Crippen MR) is 88.9 cm³/mol. The average Bonchev–Trinajstić information content (AvgIpc) is 3.13. The number of ether oxygens (including phenoxy) is 1. The lowest BCUT2D eigenvalue weighted by atomic mass is 10.2. The molecule has 28 heavy (non-hydrogen) atoms. The number of halogens is 4. The van der Waals surface area contributed by atoms with Gasteiger partial charge in [-0.2, -0.15) is 17.6 Å². The van der Waals surface area contributed by atoms with Gasteiger partial charge in [0.1, 0.15) is 5.75 Å². The van der Waals surface area contributed by atoms with E-state index in [1.54, 1.807) is 6.07 Å². The largest absolute Gasteiger partial charge is 0.435 e. The summed E-state index contributed by atoms with van der Waals surface area (Å²) in [5, 5.41) is 6.67. The van der Waals surface area contributed by atoms with Gasteiger partial charge in [-0.15, -0.1) is 10.2 Å². The first-order valence-corrected chi connectivity index (χ1v) is 7.78. The van der Waals surface area contributed by atoms with Crippen molar-refractivity contribution >= 4 is 0 Å². The molecule has 10 heteroatoms. The molecule has 2 aromatic heterocycles. The Morgan fingerprint density at radius 3 is 2.64 bits per heavy atom. The Bertz CT molecular complexity index is 1080. The van der Waals surface area contributed by atoms with Crippen LogP contribution in [0.15, 0.2) is 51.8 Å². The lowest BCUT2D eigenvalue weighted by Gasteiger charge is -2.03. The Hall–Kier alpha value is -3.61. The minimum Gasteiger partial charge on any atom is -0.435 e. The van der Waals surface area contributed by atoms with Crippen LogP contribution in [-0.2, 0) is 6.54 Å². The third-order valence-corrected chi connectivity index (χ3v) is 3.41. The highest BCUT2D eigenvalue weighted by Crippen LogP contribution is 2.22. The maximum absolute atomic E-state index is 12.5. The number of alkyl halides is 4. The molecule has 3 aromatic rings. The van der Waals surface area contributed by atoms with Gasteiger partial charge in [0.25, 0.3) is 11.4 Å². The van der Waals surface area contributed by atoms with Gasteiger partial charge in [-0.3, -0.25) is 4.79 Å². The average molecular weight is 393 g/mol. The van der Waals surface area contributed by atoms with Crippen molar-refractivity contribution in [3.05, 3.63) is 64.4 Å². The van der Waals surface area contributed by atoms with E-state index in [0.29, 0.717) is 5.56 Å². The van der Waals surface area contributed by atoms with Gasteiger partial charge < -0.3 is 13.7 Å². The standard InChI is InChI=1S/C18H11F4N3O3/c19-15(20)17-24-23-16(28-17)12-6-8-25(14(26)10-12)7-2-4-11-3-1-5-13(9-11)27-18(21)22/h1,3,5-6,8-10,15,18H,7H2. The second-order valence-electron chi connectivity index (χ2n) is 5.34. The highest BCUT2D eigenvalue weighted by Gasteiger charge is 2.17. The normalized spacial score (nSPS) is 10.8. The van der Waals surface area contributed by atoms with E-state index in [1.807, 2.05) is 0 Å². The minimum atomic E-state index is -2.93. The summed E-state index contributed by atoms with van der Waals surface area (Å²) in [5.41, 5.74) is 0.178. The fraction of sp³-hybridized carbons (Fsp3) is 0.167. The van der Waals surface area contributed by atoms with Crippen molar-refractivity contribution in [2.24, 2.45) is 0 Å². The van der Waals surface area contributed by atoms with Gasteiger partial charge in [0.15, 0.2) is 0 Å². The fourth-order valence-corrected chi connectivity index (χ4v) is 2.19. The molecule has 0 bridgehead atoms. The first-order valence-electron chi connectivity index (χ1n) is 7.78. The van der Waals surface area contributed by atoms with E-state index >= 15 is 0 Å². The SMILES string of the molecule is O=c1cc(-c2nnc(C(F)F)o2)ccn1CC#Cc1cccc(OC(F)F)c1. The van der Waals surface area contributed by atoms with Crippen LogP contribution < -0.4 is 10.3 Å². The molecule has 3 rings (SSSR count).